The van der Waals surface area contributed by atoms with Crippen LogP contribution in [0.1, 0.15) is 13.8 Å². The van der Waals surface area contributed by atoms with Gasteiger partial charge in [-0.05, 0) is 25.4 Å². The first kappa shape index (κ1) is 11.4. The monoisotopic (exact) mass is 237 g/mol. The van der Waals surface area contributed by atoms with E-state index in [0.717, 1.165) is 0 Å². The van der Waals surface area contributed by atoms with Gasteiger partial charge in [-0.1, -0.05) is 0 Å². The van der Waals surface area contributed by atoms with Crippen molar-refractivity contribution in [2.75, 3.05) is 6.54 Å². The van der Waals surface area contributed by atoms with Crippen molar-refractivity contribution in [2.24, 2.45) is 0 Å². The summed E-state index contributed by atoms with van der Waals surface area (Å²) in [6, 6.07) is 0. The molecule has 0 aromatic carbocycles. The van der Waals surface area contributed by atoms with Crippen LogP contribution in [-0.4, -0.2) is 27.0 Å². The van der Waals surface area contributed by atoms with Crippen LogP contribution in [-0.2, 0) is 0 Å². The van der Waals surface area contributed by atoms with E-state index in [0.29, 0.717) is 6.54 Å². The molecule has 0 aromatic heterocycles. The Kier molecular flexibility index (Phi) is 2.54. The average molecular weight is 238 g/mol. The van der Waals surface area contributed by atoms with Crippen molar-refractivity contribution in [1.29, 1.82) is 0 Å². The molecule has 1 aliphatic heterocycles. The normalized spacial score (nSPS) is 27.5. The van der Waals surface area contributed by atoms with Crippen molar-refractivity contribution in [3.05, 3.63) is 0 Å². The standard InChI is InChI=1S/C6H8ClF4NS/c1-4(2)3-12(4)13-6(10,11)5(7,8)9/h3H2,1-2H3. The molecule has 0 amide bonds. The van der Waals surface area contributed by atoms with E-state index in [1.54, 1.807) is 13.8 Å². The van der Waals surface area contributed by atoms with Gasteiger partial charge in [0.1, 0.15) is 0 Å². The maximum atomic E-state index is 12.6. The van der Waals surface area contributed by atoms with Gasteiger partial charge >= 0.3 is 10.6 Å². The quantitative estimate of drug-likeness (QED) is 0.321. The molecule has 0 N–H and O–H groups in total. The van der Waals surface area contributed by atoms with Gasteiger partial charge in [0.25, 0.3) is 0 Å². The number of nitrogens with zero attached hydrogens (tertiary/aromatic N) is 1. The Morgan fingerprint density at radius 2 is 1.69 bits per heavy atom. The Bertz CT molecular complexity index is 215. The van der Waals surface area contributed by atoms with Gasteiger partial charge in [-0.2, -0.15) is 17.6 Å². The second-order valence-electron chi connectivity index (χ2n) is 3.45. The van der Waals surface area contributed by atoms with Crippen molar-refractivity contribution < 1.29 is 17.6 Å². The van der Waals surface area contributed by atoms with Crippen molar-refractivity contribution in [3.8, 4) is 0 Å². The fourth-order valence-corrected chi connectivity index (χ4v) is 1.77. The Labute approximate surface area is 82.5 Å². The molecule has 7 heteroatoms. The van der Waals surface area contributed by atoms with Crippen molar-refractivity contribution in [2.45, 2.75) is 30.0 Å². The van der Waals surface area contributed by atoms with E-state index in [4.69, 9.17) is 0 Å². The van der Waals surface area contributed by atoms with Gasteiger partial charge in [0.15, 0.2) is 0 Å². The molecule has 1 nitrogen and oxygen atoms in total. The number of hydrogen-bond donors (Lipinski definition) is 0. The molecule has 1 unspecified atom stereocenters. The number of alkyl halides is 5. The highest BCUT2D eigenvalue weighted by Gasteiger charge is 2.61. The fraction of sp³-hybridized carbons (Fsp3) is 1.00. The van der Waals surface area contributed by atoms with E-state index in [-0.39, 0.29) is 11.9 Å². The van der Waals surface area contributed by atoms with E-state index < -0.39 is 16.2 Å². The summed E-state index contributed by atoms with van der Waals surface area (Å²) in [5.74, 6) is 0. The van der Waals surface area contributed by atoms with Gasteiger partial charge in [-0.15, -0.1) is 0 Å². The highest BCUT2D eigenvalue weighted by Crippen LogP contribution is 2.52. The molecule has 0 bridgehead atoms. The number of hydrogen-bond acceptors (Lipinski definition) is 2. The molecular weight excluding hydrogens is 230 g/mol. The molecular formula is C6H8ClF4NS. The van der Waals surface area contributed by atoms with Crippen LogP contribution >= 0.6 is 23.5 Å². The number of rotatable bonds is 3. The van der Waals surface area contributed by atoms with E-state index >= 15 is 0 Å². The zero-order valence-electron chi connectivity index (χ0n) is 6.95. The summed E-state index contributed by atoms with van der Waals surface area (Å²) in [4.78, 5) is 0. The van der Waals surface area contributed by atoms with Crippen LogP contribution in [0.4, 0.5) is 17.6 Å². The minimum atomic E-state index is -4.50. The van der Waals surface area contributed by atoms with Crippen LogP contribution in [0.2, 0.25) is 0 Å². The third-order valence-electron chi connectivity index (χ3n) is 1.66. The van der Waals surface area contributed by atoms with E-state index in [2.05, 4.69) is 11.6 Å². The second kappa shape index (κ2) is 2.90. The Hall–Kier alpha value is 0.320. The van der Waals surface area contributed by atoms with Crippen molar-refractivity contribution in [1.82, 2.24) is 4.31 Å². The first-order valence-corrected chi connectivity index (χ1v) is 4.63. The molecule has 0 aromatic rings. The van der Waals surface area contributed by atoms with Gasteiger partial charge in [0, 0.05) is 24.0 Å². The molecule has 78 valence electrons. The highest BCUT2D eigenvalue weighted by atomic mass is 35.5. The Morgan fingerprint density at radius 3 is 1.92 bits per heavy atom. The van der Waals surface area contributed by atoms with Crippen LogP contribution < -0.4 is 0 Å². The van der Waals surface area contributed by atoms with Crippen LogP contribution in [0.5, 0.6) is 0 Å². The van der Waals surface area contributed by atoms with Gasteiger partial charge in [-0.25, -0.2) is 4.31 Å². The average Bonchev–Trinajstić information content (AvgIpc) is 2.34. The molecule has 0 saturated carbocycles. The van der Waals surface area contributed by atoms with Gasteiger partial charge in [0.05, 0.1) is 0 Å². The zero-order chi connectivity index (χ0) is 10.5. The summed E-state index contributed by atoms with van der Waals surface area (Å²) >= 11 is 4.06. The number of halogens is 5. The lowest BCUT2D eigenvalue weighted by molar-refractivity contribution is -0.0911. The van der Waals surface area contributed by atoms with Crippen LogP contribution in [0.15, 0.2) is 0 Å². The predicted molar refractivity (Wildman–Crippen MR) is 44.1 cm³/mol. The lowest BCUT2D eigenvalue weighted by Crippen LogP contribution is -2.33. The van der Waals surface area contributed by atoms with E-state index in [1.807, 2.05) is 0 Å². The Morgan fingerprint density at radius 1 is 1.31 bits per heavy atom. The molecule has 0 spiro atoms. The summed E-state index contributed by atoms with van der Waals surface area (Å²) in [5.41, 5.74) is -0.434. The minimum Gasteiger partial charge on any atom is -0.237 e. The molecule has 1 atom stereocenters. The summed E-state index contributed by atoms with van der Waals surface area (Å²) < 4.78 is 50.6. The van der Waals surface area contributed by atoms with Crippen LogP contribution in [0.25, 0.3) is 0 Å². The summed E-state index contributed by atoms with van der Waals surface area (Å²) in [7, 11) is 0. The van der Waals surface area contributed by atoms with E-state index in [9.17, 15) is 17.6 Å². The first-order chi connectivity index (χ1) is 5.56. The molecule has 1 fully saturated rings. The molecule has 0 aliphatic carbocycles. The van der Waals surface area contributed by atoms with Gasteiger partial charge in [0.2, 0.25) is 0 Å². The fourth-order valence-electron chi connectivity index (χ4n) is 0.662. The summed E-state index contributed by atoms with van der Waals surface area (Å²) in [5, 5.41) is -8.75. The summed E-state index contributed by atoms with van der Waals surface area (Å²) in [6.07, 6.45) is 0. The van der Waals surface area contributed by atoms with E-state index in [1.165, 1.54) is 4.31 Å². The lowest BCUT2D eigenvalue weighted by atomic mass is 10.3. The van der Waals surface area contributed by atoms with Crippen molar-refractivity contribution in [3.63, 3.8) is 0 Å². The predicted octanol–water partition coefficient (Wildman–Crippen LogP) is 3.15. The van der Waals surface area contributed by atoms with Crippen LogP contribution in [0.3, 0.4) is 0 Å². The zero-order valence-corrected chi connectivity index (χ0v) is 8.52. The molecule has 1 rings (SSSR count). The minimum absolute atomic E-state index is 0.200. The summed E-state index contributed by atoms with van der Waals surface area (Å²) in [6.45, 7) is 3.73. The Balaban J connectivity index is 2.54. The van der Waals surface area contributed by atoms with Crippen molar-refractivity contribution >= 4 is 23.5 Å². The third kappa shape index (κ3) is 2.41. The lowest BCUT2D eigenvalue weighted by Gasteiger charge is -2.21. The SMILES string of the molecule is CC1(C)CN1SC(F)(F)C(F)(F)Cl. The molecule has 1 aliphatic rings. The molecule has 0 radical (unpaired) electrons. The third-order valence-corrected chi connectivity index (χ3v) is 3.34. The first-order valence-electron chi connectivity index (χ1n) is 3.47. The van der Waals surface area contributed by atoms with Gasteiger partial charge in [-0.3, -0.25) is 0 Å². The molecule has 13 heavy (non-hydrogen) atoms. The maximum absolute atomic E-state index is 12.6. The molecule has 1 saturated heterocycles. The second-order valence-corrected chi connectivity index (χ2v) is 5.07. The highest BCUT2D eigenvalue weighted by molar-refractivity contribution is 7.98. The smallest absolute Gasteiger partial charge is 0.237 e. The molecule has 1 heterocycles. The largest absolute Gasteiger partial charge is 0.395 e. The van der Waals surface area contributed by atoms with Crippen LogP contribution in [0, 0.1) is 0 Å². The topological polar surface area (TPSA) is 3.01 Å². The van der Waals surface area contributed by atoms with Gasteiger partial charge < -0.3 is 0 Å². The maximum Gasteiger partial charge on any atom is 0.395 e.